The summed E-state index contributed by atoms with van der Waals surface area (Å²) >= 11 is 0. The van der Waals surface area contributed by atoms with E-state index >= 15 is 0 Å². The van der Waals surface area contributed by atoms with Gasteiger partial charge in [0.05, 0.1) is 5.92 Å². The molecular formula is C21H25FN2O. The van der Waals surface area contributed by atoms with Crippen LogP contribution in [0.3, 0.4) is 0 Å². The number of aryl methyl sites for hydroxylation is 2. The van der Waals surface area contributed by atoms with Crippen molar-refractivity contribution in [3.05, 3.63) is 65.0 Å². The number of nitrogens with one attached hydrogen (secondary N) is 1. The second-order valence-electron chi connectivity index (χ2n) is 6.99. The third kappa shape index (κ3) is 4.67. The summed E-state index contributed by atoms with van der Waals surface area (Å²) in [7, 11) is 0. The Morgan fingerprint density at radius 1 is 1.16 bits per heavy atom. The zero-order valence-electron chi connectivity index (χ0n) is 14.9. The number of nitrogens with zero attached hydrogens (tertiary/aromatic N) is 1. The van der Waals surface area contributed by atoms with Crippen molar-refractivity contribution >= 4 is 11.6 Å². The summed E-state index contributed by atoms with van der Waals surface area (Å²) in [5.41, 5.74) is 4.35. The van der Waals surface area contributed by atoms with Gasteiger partial charge in [-0.2, -0.15) is 0 Å². The molecule has 3 rings (SSSR count). The Kier molecular flexibility index (Phi) is 5.49. The number of carbonyl (C=O) groups is 1. The van der Waals surface area contributed by atoms with Crippen LogP contribution in [0.5, 0.6) is 0 Å². The van der Waals surface area contributed by atoms with Crippen molar-refractivity contribution in [1.29, 1.82) is 0 Å². The molecule has 0 spiro atoms. The molecule has 1 amide bonds. The Balaban J connectivity index is 1.59. The maximum Gasteiger partial charge on any atom is 0.228 e. The molecule has 132 valence electrons. The van der Waals surface area contributed by atoms with Crippen LogP contribution >= 0.6 is 0 Å². The molecule has 2 aromatic carbocycles. The molecule has 1 N–H and O–H groups in total. The number of anilines is 1. The molecular weight excluding hydrogens is 315 g/mol. The monoisotopic (exact) mass is 340 g/mol. The third-order valence-electron chi connectivity index (χ3n) is 4.97. The molecule has 1 fully saturated rings. The molecule has 1 aliphatic heterocycles. The second kappa shape index (κ2) is 7.79. The normalized spacial score (nSPS) is 18.1. The summed E-state index contributed by atoms with van der Waals surface area (Å²) < 4.78 is 13.0. The standard InChI is InChI=1S/C21H25FN2O/c1-15-5-10-20(12-16(15)2)23-21(25)18-4-3-11-24(14-18)13-17-6-8-19(22)9-7-17/h5-10,12,18H,3-4,11,13-14H2,1-2H3,(H,23,25)/t18-/m1/s1. The predicted octanol–water partition coefficient (Wildman–Crippen LogP) is 4.29. The Bertz CT molecular complexity index is 742. The molecule has 4 heteroatoms. The SMILES string of the molecule is Cc1ccc(NC(=O)[C@@H]2CCCN(Cc3ccc(F)cc3)C2)cc1C. The lowest BCUT2D eigenvalue weighted by Gasteiger charge is -2.32. The highest BCUT2D eigenvalue weighted by molar-refractivity contribution is 5.92. The maximum atomic E-state index is 13.0. The average molecular weight is 340 g/mol. The molecule has 1 heterocycles. The zero-order chi connectivity index (χ0) is 17.8. The molecule has 0 radical (unpaired) electrons. The average Bonchev–Trinajstić information content (AvgIpc) is 2.60. The number of hydrogen-bond donors (Lipinski definition) is 1. The Morgan fingerprint density at radius 3 is 2.64 bits per heavy atom. The smallest absolute Gasteiger partial charge is 0.228 e. The van der Waals surface area contributed by atoms with Crippen molar-refractivity contribution < 1.29 is 9.18 Å². The van der Waals surface area contributed by atoms with Crippen molar-refractivity contribution in [1.82, 2.24) is 4.90 Å². The highest BCUT2D eigenvalue weighted by Crippen LogP contribution is 2.21. The van der Waals surface area contributed by atoms with E-state index in [1.807, 2.05) is 30.3 Å². The first kappa shape index (κ1) is 17.6. The summed E-state index contributed by atoms with van der Waals surface area (Å²) in [6.45, 7) is 6.60. The van der Waals surface area contributed by atoms with Crippen LogP contribution in [-0.4, -0.2) is 23.9 Å². The molecule has 1 atom stereocenters. The third-order valence-corrected chi connectivity index (χ3v) is 4.97. The molecule has 1 aliphatic rings. The Labute approximate surface area is 148 Å². The van der Waals surface area contributed by atoms with Gasteiger partial charge in [0.1, 0.15) is 5.82 Å². The number of benzene rings is 2. The van der Waals surface area contributed by atoms with Gasteiger partial charge in [-0.15, -0.1) is 0 Å². The fourth-order valence-electron chi connectivity index (χ4n) is 3.32. The van der Waals surface area contributed by atoms with Crippen molar-refractivity contribution in [2.24, 2.45) is 5.92 Å². The minimum atomic E-state index is -0.215. The van der Waals surface area contributed by atoms with Gasteiger partial charge < -0.3 is 5.32 Å². The first-order valence-electron chi connectivity index (χ1n) is 8.86. The summed E-state index contributed by atoms with van der Waals surface area (Å²) in [5.74, 6) is -0.129. The number of carbonyl (C=O) groups excluding carboxylic acids is 1. The van der Waals surface area contributed by atoms with Gasteiger partial charge in [-0.1, -0.05) is 18.2 Å². The lowest BCUT2D eigenvalue weighted by atomic mass is 9.96. The Hall–Kier alpha value is -2.20. The van der Waals surface area contributed by atoms with Gasteiger partial charge in [-0.25, -0.2) is 4.39 Å². The highest BCUT2D eigenvalue weighted by Gasteiger charge is 2.25. The predicted molar refractivity (Wildman–Crippen MR) is 98.9 cm³/mol. The van der Waals surface area contributed by atoms with Gasteiger partial charge in [-0.3, -0.25) is 9.69 Å². The van der Waals surface area contributed by atoms with Crippen LogP contribution in [0.4, 0.5) is 10.1 Å². The fourth-order valence-corrected chi connectivity index (χ4v) is 3.32. The van der Waals surface area contributed by atoms with Crippen molar-refractivity contribution in [2.45, 2.75) is 33.2 Å². The zero-order valence-corrected chi connectivity index (χ0v) is 14.9. The summed E-state index contributed by atoms with van der Waals surface area (Å²) in [6, 6.07) is 12.6. The van der Waals surface area contributed by atoms with E-state index in [4.69, 9.17) is 0 Å². The first-order valence-corrected chi connectivity index (χ1v) is 8.86. The molecule has 3 nitrogen and oxygen atoms in total. The molecule has 0 unspecified atom stereocenters. The largest absolute Gasteiger partial charge is 0.326 e. The number of hydrogen-bond acceptors (Lipinski definition) is 2. The van der Waals surface area contributed by atoms with Crippen LogP contribution in [0.15, 0.2) is 42.5 Å². The molecule has 2 aromatic rings. The van der Waals surface area contributed by atoms with E-state index in [2.05, 4.69) is 24.1 Å². The van der Waals surface area contributed by atoms with E-state index in [9.17, 15) is 9.18 Å². The van der Waals surface area contributed by atoms with E-state index in [1.54, 1.807) is 0 Å². The number of amides is 1. The lowest BCUT2D eigenvalue weighted by Crippen LogP contribution is -2.40. The van der Waals surface area contributed by atoms with Crippen LogP contribution in [0.1, 0.15) is 29.5 Å². The summed E-state index contributed by atoms with van der Waals surface area (Å²) in [5, 5.41) is 3.06. The highest BCUT2D eigenvalue weighted by atomic mass is 19.1. The molecule has 0 saturated carbocycles. The lowest BCUT2D eigenvalue weighted by molar-refractivity contribution is -0.121. The quantitative estimate of drug-likeness (QED) is 0.900. The van der Waals surface area contributed by atoms with E-state index < -0.39 is 0 Å². The minimum absolute atomic E-state index is 0.00388. The van der Waals surface area contributed by atoms with Gasteiger partial charge in [0.25, 0.3) is 0 Å². The summed E-state index contributed by atoms with van der Waals surface area (Å²) in [6.07, 6.45) is 1.92. The van der Waals surface area contributed by atoms with Crippen LogP contribution in [-0.2, 0) is 11.3 Å². The molecule has 0 aromatic heterocycles. The van der Waals surface area contributed by atoms with Gasteiger partial charge in [-0.05, 0) is 74.2 Å². The maximum absolute atomic E-state index is 13.0. The van der Waals surface area contributed by atoms with Crippen molar-refractivity contribution in [3.8, 4) is 0 Å². The second-order valence-corrected chi connectivity index (χ2v) is 6.99. The molecule has 0 bridgehead atoms. The van der Waals surface area contributed by atoms with E-state index in [0.29, 0.717) is 0 Å². The van der Waals surface area contributed by atoms with Gasteiger partial charge in [0.2, 0.25) is 5.91 Å². The van der Waals surface area contributed by atoms with Crippen LogP contribution in [0.2, 0.25) is 0 Å². The van der Waals surface area contributed by atoms with Gasteiger partial charge in [0, 0.05) is 18.8 Å². The Morgan fingerprint density at radius 2 is 1.92 bits per heavy atom. The van der Waals surface area contributed by atoms with Crippen molar-refractivity contribution in [3.63, 3.8) is 0 Å². The molecule has 0 aliphatic carbocycles. The van der Waals surface area contributed by atoms with E-state index in [-0.39, 0.29) is 17.6 Å². The topological polar surface area (TPSA) is 32.3 Å². The summed E-state index contributed by atoms with van der Waals surface area (Å²) in [4.78, 5) is 14.9. The molecule has 1 saturated heterocycles. The van der Waals surface area contributed by atoms with E-state index in [0.717, 1.165) is 43.7 Å². The first-order chi connectivity index (χ1) is 12.0. The van der Waals surface area contributed by atoms with Crippen LogP contribution in [0.25, 0.3) is 0 Å². The van der Waals surface area contributed by atoms with Crippen molar-refractivity contribution in [2.75, 3.05) is 18.4 Å². The fraction of sp³-hybridized carbons (Fsp3) is 0.381. The number of likely N-dealkylation sites (tertiary alicyclic amines) is 1. The number of rotatable bonds is 4. The van der Waals surface area contributed by atoms with Crippen LogP contribution in [0, 0.1) is 25.6 Å². The number of piperidine rings is 1. The van der Waals surface area contributed by atoms with E-state index in [1.165, 1.54) is 23.3 Å². The van der Waals surface area contributed by atoms with Gasteiger partial charge in [0.15, 0.2) is 0 Å². The number of halogens is 1. The van der Waals surface area contributed by atoms with Crippen LogP contribution < -0.4 is 5.32 Å². The van der Waals surface area contributed by atoms with Gasteiger partial charge >= 0.3 is 0 Å². The minimum Gasteiger partial charge on any atom is -0.326 e. The molecule has 25 heavy (non-hydrogen) atoms.